The first-order chi connectivity index (χ1) is 14.2. The smallest absolute Gasteiger partial charge is 0.289 e. The Labute approximate surface area is 176 Å². The molecule has 1 aliphatic heterocycles. The fraction of sp³-hybridized carbons (Fsp3) is 0.429. The monoisotopic (exact) mass is 433 g/mol. The molecule has 1 N–H and O–H groups in total. The molecule has 162 valence electrons. The Balaban J connectivity index is 1.61. The number of anilines is 1. The van der Waals surface area contributed by atoms with E-state index in [9.17, 15) is 18.0 Å². The molecule has 30 heavy (non-hydrogen) atoms. The van der Waals surface area contributed by atoms with Gasteiger partial charge in [-0.15, -0.1) is 0 Å². The van der Waals surface area contributed by atoms with Crippen LogP contribution in [0.15, 0.2) is 52.0 Å². The van der Waals surface area contributed by atoms with E-state index < -0.39 is 21.8 Å². The van der Waals surface area contributed by atoms with Crippen molar-refractivity contribution in [1.29, 1.82) is 0 Å². The number of nitrogens with one attached hydrogen (secondary N) is 1. The van der Waals surface area contributed by atoms with Gasteiger partial charge in [0.15, 0.2) is 5.76 Å². The number of benzene rings is 1. The van der Waals surface area contributed by atoms with Crippen LogP contribution in [-0.4, -0.2) is 56.1 Å². The molecule has 0 bridgehead atoms. The maximum Gasteiger partial charge on any atom is 0.289 e. The number of nitrogens with zero attached hydrogens (tertiary/aromatic N) is 2. The van der Waals surface area contributed by atoms with Gasteiger partial charge in [0.25, 0.3) is 5.91 Å². The van der Waals surface area contributed by atoms with Crippen LogP contribution in [-0.2, 0) is 14.8 Å². The van der Waals surface area contributed by atoms with Crippen LogP contribution in [0.2, 0.25) is 0 Å². The summed E-state index contributed by atoms with van der Waals surface area (Å²) in [5, 5.41) is 2.67. The molecule has 8 nitrogen and oxygen atoms in total. The van der Waals surface area contributed by atoms with E-state index in [-0.39, 0.29) is 17.2 Å². The molecule has 1 saturated heterocycles. The molecule has 1 aromatic heterocycles. The standard InChI is InChI=1S/C21H27N3O5S/c1-15-11-16(2)13-24(12-15)30(27,28)18-8-6-17(7-9-18)22-20(25)14-23(3)21(26)19-5-4-10-29-19/h4-10,15-16H,11-14H2,1-3H3,(H,22,25). The highest BCUT2D eigenvalue weighted by molar-refractivity contribution is 7.89. The number of carbonyl (C=O) groups is 2. The van der Waals surface area contributed by atoms with Crippen molar-refractivity contribution in [2.45, 2.75) is 25.2 Å². The second-order valence-corrected chi connectivity index (χ2v) is 9.92. The van der Waals surface area contributed by atoms with Gasteiger partial charge in [-0.05, 0) is 54.7 Å². The molecule has 2 unspecified atom stereocenters. The van der Waals surface area contributed by atoms with Crippen LogP contribution in [0.1, 0.15) is 30.8 Å². The summed E-state index contributed by atoms with van der Waals surface area (Å²) in [4.78, 5) is 25.8. The third-order valence-electron chi connectivity index (χ3n) is 5.07. The molecule has 0 aliphatic carbocycles. The van der Waals surface area contributed by atoms with E-state index in [2.05, 4.69) is 19.2 Å². The van der Waals surface area contributed by atoms with Gasteiger partial charge in [0.1, 0.15) is 0 Å². The summed E-state index contributed by atoms with van der Waals surface area (Å²) in [6.45, 7) is 4.99. The lowest BCUT2D eigenvalue weighted by molar-refractivity contribution is -0.116. The summed E-state index contributed by atoms with van der Waals surface area (Å²) in [6, 6.07) is 9.22. The Kier molecular flexibility index (Phi) is 6.62. The normalized spacial score (nSPS) is 20.0. The average molecular weight is 434 g/mol. The highest BCUT2D eigenvalue weighted by Crippen LogP contribution is 2.27. The molecule has 9 heteroatoms. The van der Waals surface area contributed by atoms with Crippen LogP contribution in [0.25, 0.3) is 0 Å². The van der Waals surface area contributed by atoms with Gasteiger partial charge in [-0.25, -0.2) is 8.42 Å². The molecule has 0 saturated carbocycles. The van der Waals surface area contributed by atoms with E-state index >= 15 is 0 Å². The number of carbonyl (C=O) groups excluding carboxylic acids is 2. The maximum absolute atomic E-state index is 12.9. The minimum Gasteiger partial charge on any atom is -0.459 e. The van der Waals surface area contributed by atoms with Crippen LogP contribution in [0.3, 0.4) is 0 Å². The van der Waals surface area contributed by atoms with Gasteiger partial charge in [0, 0.05) is 25.8 Å². The van der Waals surface area contributed by atoms with E-state index in [1.165, 1.54) is 40.7 Å². The Morgan fingerprint density at radius 3 is 2.33 bits per heavy atom. The van der Waals surface area contributed by atoms with Gasteiger partial charge < -0.3 is 14.6 Å². The third-order valence-corrected chi connectivity index (χ3v) is 6.92. The molecule has 0 radical (unpaired) electrons. The SMILES string of the molecule is CC1CC(C)CN(S(=O)(=O)c2ccc(NC(=O)CN(C)C(=O)c3ccco3)cc2)C1. The molecule has 1 aliphatic rings. The van der Waals surface area contributed by atoms with Crippen molar-refractivity contribution in [1.82, 2.24) is 9.21 Å². The lowest BCUT2D eigenvalue weighted by atomic mass is 9.94. The molecule has 1 aromatic carbocycles. The summed E-state index contributed by atoms with van der Waals surface area (Å²) < 4.78 is 32.4. The van der Waals surface area contributed by atoms with Crippen molar-refractivity contribution in [3.05, 3.63) is 48.4 Å². The Morgan fingerprint density at radius 2 is 1.77 bits per heavy atom. The number of likely N-dealkylation sites (N-methyl/N-ethyl adjacent to an activating group) is 1. The zero-order chi connectivity index (χ0) is 21.9. The van der Waals surface area contributed by atoms with Crippen molar-refractivity contribution in [2.24, 2.45) is 11.8 Å². The number of amides is 2. The highest BCUT2D eigenvalue weighted by Gasteiger charge is 2.31. The predicted octanol–water partition coefficient (Wildman–Crippen LogP) is 2.66. The summed E-state index contributed by atoms with van der Waals surface area (Å²) in [5.41, 5.74) is 0.457. The first kappa shape index (κ1) is 22.0. The van der Waals surface area contributed by atoms with Crippen LogP contribution in [0, 0.1) is 11.8 Å². The zero-order valence-corrected chi connectivity index (χ0v) is 18.2. The molecule has 2 amide bonds. The fourth-order valence-corrected chi connectivity index (χ4v) is 5.42. The van der Waals surface area contributed by atoms with Crippen molar-refractivity contribution in [2.75, 3.05) is 32.0 Å². The van der Waals surface area contributed by atoms with E-state index in [1.807, 2.05) is 0 Å². The second-order valence-electron chi connectivity index (χ2n) is 7.98. The van der Waals surface area contributed by atoms with Crippen LogP contribution < -0.4 is 5.32 Å². The molecular formula is C21H27N3O5S. The quantitative estimate of drug-likeness (QED) is 0.755. The van der Waals surface area contributed by atoms with Gasteiger partial charge in [-0.3, -0.25) is 9.59 Å². The van der Waals surface area contributed by atoms with Crippen LogP contribution in [0.4, 0.5) is 5.69 Å². The minimum atomic E-state index is -3.57. The summed E-state index contributed by atoms with van der Waals surface area (Å²) in [6.07, 6.45) is 2.41. The molecule has 3 rings (SSSR count). The lowest BCUT2D eigenvalue weighted by Gasteiger charge is -2.34. The number of furan rings is 1. The molecule has 2 aromatic rings. The topological polar surface area (TPSA) is 99.9 Å². The Morgan fingerprint density at radius 1 is 1.13 bits per heavy atom. The third kappa shape index (κ3) is 5.09. The molecule has 2 heterocycles. The Hall–Kier alpha value is -2.65. The highest BCUT2D eigenvalue weighted by atomic mass is 32.2. The molecular weight excluding hydrogens is 406 g/mol. The summed E-state index contributed by atoms with van der Waals surface area (Å²) in [7, 11) is -2.07. The molecule has 0 spiro atoms. The minimum absolute atomic E-state index is 0.154. The van der Waals surface area contributed by atoms with E-state index in [0.717, 1.165) is 6.42 Å². The number of hydrogen-bond donors (Lipinski definition) is 1. The van der Waals surface area contributed by atoms with Crippen LogP contribution in [0.5, 0.6) is 0 Å². The van der Waals surface area contributed by atoms with Gasteiger partial charge in [-0.2, -0.15) is 4.31 Å². The second kappa shape index (κ2) is 9.01. The van der Waals surface area contributed by atoms with Gasteiger partial charge in [0.2, 0.25) is 15.9 Å². The first-order valence-electron chi connectivity index (χ1n) is 9.86. The van der Waals surface area contributed by atoms with Crippen molar-refractivity contribution in [3.63, 3.8) is 0 Å². The zero-order valence-electron chi connectivity index (χ0n) is 17.4. The molecule has 1 fully saturated rings. The maximum atomic E-state index is 12.9. The van der Waals surface area contributed by atoms with Crippen molar-refractivity contribution >= 4 is 27.5 Å². The number of hydrogen-bond acceptors (Lipinski definition) is 5. The van der Waals surface area contributed by atoms with E-state index in [0.29, 0.717) is 30.6 Å². The Bertz CT molecular complexity index is 976. The summed E-state index contributed by atoms with van der Waals surface area (Å²) >= 11 is 0. The first-order valence-corrected chi connectivity index (χ1v) is 11.3. The van der Waals surface area contributed by atoms with Gasteiger partial charge >= 0.3 is 0 Å². The van der Waals surface area contributed by atoms with Crippen molar-refractivity contribution in [3.8, 4) is 0 Å². The van der Waals surface area contributed by atoms with E-state index in [4.69, 9.17) is 4.42 Å². The van der Waals surface area contributed by atoms with E-state index in [1.54, 1.807) is 18.2 Å². The van der Waals surface area contributed by atoms with Gasteiger partial charge in [-0.1, -0.05) is 13.8 Å². The predicted molar refractivity (Wildman–Crippen MR) is 112 cm³/mol. The summed E-state index contributed by atoms with van der Waals surface area (Å²) in [5.74, 6) is 0.000379. The van der Waals surface area contributed by atoms with Gasteiger partial charge in [0.05, 0.1) is 17.7 Å². The number of sulfonamides is 1. The van der Waals surface area contributed by atoms with Crippen LogP contribution >= 0.6 is 0 Å². The fourth-order valence-electron chi connectivity index (χ4n) is 3.74. The number of rotatable bonds is 6. The molecule has 2 atom stereocenters. The average Bonchev–Trinajstić information content (AvgIpc) is 3.21. The lowest BCUT2D eigenvalue weighted by Crippen LogP contribution is -2.42. The largest absolute Gasteiger partial charge is 0.459 e. The number of piperidine rings is 1. The van der Waals surface area contributed by atoms with Crippen molar-refractivity contribution < 1.29 is 22.4 Å².